The second-order valence-corrected chi connectivity index (χ2v) is 7.90. The van der Waals surface area contributed by atoms with Crippen LogP contribution in [0, 0.1) is 5.92 Å². The molecule has 0 spiro atoms. The summed E-state index contributed by atoms with van der Waals surface area (Å²) in [6.07, 6.45) is 0.916. The third-order valence-corrected chi connectivity index (χ3v) is 5.65. The second-order valence-electron chi connectivity index (χ2n) is 7.47. The molecular weight excluding hydrogens is 404 g/mol. The molecule has 0 aromatic heterocycles. The lowest BCUT2D eigenvalue weighted by Gasteiger charge is -2.19. The van der Waals surface area contributed by atoms with E-state index in [4.69, 9.17) is 21.1 Å². The summed E-state index contributed by atoms with van der Waals surface area (Å²) in [6, 6.07) is 13.0. The van der Waals surface area contributed by atoms with Gasteiger partial charge in [0, 0.05) is 24.5 Å². The number of hydrogen-bond donors (Lipinski definition) is 1. The first kappa shape index (κ1) is 22.0. The van der Waals surface area contributed by atoms with E-state index in [9.17, 15) is 9.59 Å². The molecule has 1 saturated heterocycles. The Balaban J connectivity index is 1.55. The van der Waals surface area contributed by atoms with Crippen LogP contribution in [-0.2, 0) is 16.0 Å². The molecule has 6 nitrogen and oxygen atoms in total. The lowest BCUT2D eigenvalue weighted by Crippen LogP contribution is -2.35. The number of benzene rings is 2. The number of amides is 2. The molecule has 2 amide bonds. The summed E-state index contributed by atoms with van der Waals surface area (Å²) in [5.74, 6) is 0.888. The van der Waals surface area contributed by atoms with Gasteiger partial charge in [0.15, 0.2) is 11.5 Å². The fourth-order valence-electron chi connectivity index (χ4n) is 3.65. The minimum absolute atomic E-state index is 0.00559. The van der Waals surface area contributed by atoms with Gasteiger partial charge in [-0.15, -0.1) is 0 Å². The molecule has 2 aromatic carbocycles. The predicted octanol–water partition coefficient (Wildman–Crippen LogP) is 3.63. The Morgan fingerprint density at radius 2 is 1.97 bits per heavy atom. The topological polar surface area (TPSA) is 67.9 Å². The second kappa shape index (κ2) is 9.85. The summed E-state index contributed by atoms with van der Waals surface area (Å²) in [5, 5.41) is 3.63. The van der Waals surface area contributed by atoms with Crippen LogP contribution in [0.15, 0.2) is 42.5 Å². The highest BCUT2D eigenvalue weighted by atomic mass is 35.5. The largest absolute Gasteiger partial charge is 0.493 e. The van der Waals surface area contributed by atoms with Crippen LogP contribution in [0.5, 0.6) is 11.5 Å². The summed E-state index contributed by atoms with van der Waals surface area (Å²) in [5.41, 5.74) is 1.98. The normalized spacial score (nSPS) is 17.0. The van der Waals surface area contributed by atoms with Crippen molar-refractivity contribution < 1.29 is 19.1 Å². The first-order chi connectivity index (χ1) is 14.4. The molecule has 2 atom stereocenters. The molecule has 1 fully saturated rings. The summed E-state index contributed by atoms with van der Waals surface area (Å²) >= 11 is 6.03. The van der Waals surface area contributed by atoms with Gasteiger partial charge in [-0.2, -0.15) is 0 Å². The third-order valence-electron chi connectivity index (χ3n) is 5.41. The molecule has 0 radical (unpaired) electrons. The Morgan fingerprint density at radius 1 is 1.20 bits per heavy atom. The smallest absolute Gasteiger partial charge is 0.225 e. The molecule has 0 saturated carbocycles. The van der Waals surface area contributed by atoms with Gasteiger partial charge in [-0.25, -0.2) is 0 Å². The number of rotatable bonds is 8. The van der Waals surface area contributed by atoms with Crippen LogP contribution in [0.3, 0.4) is 0 Å². The van der Waals surface area contributed by atoms with Crippen LogP contribution in [0.2, 0.25) is 5.02 Å². The van der Waals surface area contributed by atoms with Crippen molar-refractivity contribution in [3.63, 3.8) is 0 Å². The van der Waals surface area contributed by atoms with E-state index < -0.39 is 0 Å². The van der Waals surface area contributed by atoms with Gasteiger partial charge in [-0.05, 0) is 48.7 Å². The average molecular weight is 431 g/mol. The number of carbonyl (C=O) groups is 2. The first-order valence-corrected chi connectivity index (χ1v) is 10.3. The molecule has 1 heterocycles. The van der Waals surface area contributed by atoms with E-state index in [-0.39, 0.29) is 30.2 Å². The number of nitrogens with one attached hydrogen (secondary N) is 1. The number of hydrogen-bond acceptors (Lipinski definition) is 4. The van der Waals surface area contributed by atoms with Gasteiger partial charge in [0.05, 0.1) is 26.2 Å². The van der Waals surface area contributed by atoms with Crippen molar-refractivity contribution in [3.8, 4) is 11.5 Å². The summed E-state index contributed by atoms with van der Waals surface area (Å²) in [7, 11) is 3.19. The fourth-order valence-corrected chi connectivity index (χ4v) is 3.85. The molecule has 2 aromatic rings. The number of nitrogens with zero attached hydrogens (tertiary/aromatic N) is 1. The Labute approximate surface area is 182 Å². The quantitative estimate of drug-likeness (QED) is 0.694. The Kier molecular flexibility index (Phi) is 7.21. The van der Waals surface area contributed by atoms with E-state index in [0.29, 0.717) is 36.0 Å². The molecule has 1 aliphatic heterocycles. The van der Waals surface area contributed by atoms with Crippen molar-refractivity contribution in [2.75, 3.05) is 27.3 Å². The zero-order valence-corrected chi connectivity index (χ0v) is 18.2. The highest BCUT2D eigenvalue weighted by Gasteiger charge is 2.34. The van der Waals surface area contributed by atoms with E-state index in [2.05, 4.69) is 5.32 Å². The van der Waals surface area contributed by atoms with Gasteiger partial charge in [-0.3, -0.25) is 9.59 Å². The molecule has 0 aliphatic carbocycles. The summed E-state index contributed by atoms with van der Waals surface area (Å²) < 4.78 is 10.6. The van der Waals surface area contributed by atoms with Crippen molar-refractivity contribution in [3.05, 3.63) is 58.6 Å². The minimum atomic E-state index is -0.343. The van der Waals surface area contributed by atoms with Gasteiger partial charge >= 0.3 is 0 Å². The highest BCUT2D eigenvalue weighted by molar-refractivity contribution is 6.30. The molecule has 30 heavy (non-hydrogen) atoms. The van der Waals surface area contributed by atoms with Gasteiger partial charge in [0.2, 0.25) is 11.8 Å². The third kappa shape index (κ3) is 5.25. The van der Waals surface area contributed by atoms with E-state index >= 15 is 0 Å². The van der Waals surface area contributed by atoms with Crippen molar-refractivity contribution >= 4 is 23.4 Å². The van der Waals surface area contributed by atoms with Crippen LogP contribution in [-0.4, -0.2) is 44.0 Å². The van der Waals surface area contributed by atoms with E-state index in [0.717, 1.165) is 11.1 Å². The maximum atomic E-state index is 12.7. The van der Waals surface area contributed by atoms with Gasteiger partial charge < -0.3 is 19.7 Å². The maximum Gasteiger partial charge on any atom is 0.225 e. The minimum Gasteiger partial charge on any atom is -0.493 e. The lowest BCUT2D eigenvalue weighted by molar-refractivity contribution is -0.129. The Hall–Kier alpha value is -2.73. The van der Waals surface area contributed by atoms with Crippen molar-refractivity contribution in [1.82, 2.24) is 10.2 Å². The molecule has 160 valence electrons. The van der Waals surface area contributed by atoms with Crippen LogP contribution < -0.4 is 14.8 Å². The van der Waals surface area contributed by atoms with Crippen molar-refractivity contribution in [1.29, 1.82) is 0 Å². The standard InChI is InChI=1S/C23H27ClN2O4/c1-15(17-5-4-6-19(24)12-17)25-23(28)18-13-22(27)26(14-18)10-9-16-7-8-20(29-2)21(11-16)30-3/h4-8,11-12,15,18H,9-10,13-14H2,1-3H3,(H,25,28)/t15-,18-/m0/s1. The van der Waals surface area contributed by atoms with E-state index in [1.54, 1.807) is 25.2 Å². The van der Waals surface area contributed by atoms with E-state index in [1.165, 1.54) is 0 Å². The first-order valence-electron chi connectivity index (χ1n) is 9.95. The van der Waals surface area contributed by atoms with E-state index in [1.807, 2.05) is 43.3 Å². The highest BCUT2D eigenvalue weighted by Crippen LogP contribution is 2.28. The van der Waals surface area contributed by atoms with Crippen LogP contribution in [0.4, 0.5) is 0 Å². The van der Waals surface area contributed by atoms with Gasteiger partial charge in [0.25, 0.3) is 0 Å². The molecular formula is C23H27ClN2O4. The molecule has 1 N–H and O–H groups in total. The monoisotopic (exact) mass is 430 g/mol. The SMILES string of the molecule is COc1ccc(CCN2C[C@@H](C(=O)N[C@@H](C)c3cccc(Cl)c3)CC2=O)cc1OC. The lowest BCUT2D eigenvalue weighted by atomic mass is 10.1. The fraction of sp³-hybridized carbons (Fsp3) is 0.391. The molecule has 0 bridgehead atoms. The number of ether oxygens (including phenoxy) is 2. The number of methoxy groups -OCH3 is 2. The van der Waals surface area contributed by atoms with Gasteiger partial charge in [-0.1, -0.05) is 29.8 Å². The average Bonchev–Trinajstić information content (AvgIpc) is 3.12. The number of carbonyl (C=O) groups excluding carboxylic acids is 2. The van der Waals surface area contributed by atoms with Crippen molar-refractivity contribution in [2.24, 2.45) is 5.92 Å². The Morgan fingerprint density at radius 3 is 2.67 bits per heavy atom. The predicted molar refractivity (Wildman–Crippen MR) is 116 cm³/mol. The molecule has 1 aliphatic rings. The zero-order valence-electron chi connectivity index (χ0n) is 17.5. The number of halogens is 1. The van der Waals surface area contributed by atoms with Crippen LogP contribution in [0.25, 0.3) is 0 Å². The van der Waals surface area contributed by atoms with Gasteiger partial charge in [0.1, 0.15) is 0 Å². The molecule has 3 rings (SSSR count). The maximum absolute atomic E-state index is 12.7. The molecule has 7 heteroatoms. The zero-order chi connectivity index (χ0) is 21.7. The molecule has 0 unspecified atom stereocenters. The Bertz CT molecular complexity index is 918. The van der Waals surface area contributed by atoms with Crippen molar-refractivity contribution in [2.45, 2.75) is 25.8 Å². The summed E-state index contributed by atoms with van der Waals surface area (Å²) in [4.78, 5) is 26.9. The summed E-state index contributed by atoms with van der Waals surface area (Å²) in [6.45, 7) is 2.90. The number of likely N-dealkylation sites (tertiary alicyclic amines) is 1. The van der Waals surface area contributed by atoms with Crippen LogP contribution in [0.1, 0.15) is 30.5 Å². The van der Waals surface area contributed by atoms with Crippen LogP contribution >= 0.6 is 11.6 Å².